The third kappa shape index (κ3) is 3.77. The van der Waals surface area contributed by atoms with Crippen LogP contribution in [0.15, 0.2) is 65.1 Å². The summed E-state index contributed by atoms with van der Waals surface area (Å²) in [5.41, 5.74) is 2.94. The summed E-state index contributed by atoms with van der Waals surface area (Å²) in [6.45, 7) is 0.151. The van der Waals surface area contributed by atoms with E-state index in [0.29, 0.717) is 17.1 Å². The van der Waals surface area contributed by atoms with Crippen molar-refractivity contribution in [2.75, 3.05) is 0 Å². The number of rotatable bonds is 5. The third-order valence-corrected chi connectivity index (χ3v) is 4.94. The summed E-state index contributed by atoms with van der Waals surface area (Å²) in [5, 5.41) is 12.2. The van der Waals surface area contributed by atoms with Crippen LogP contribution in [0.3, 0.4) is 0 Å². The summed E-state index contributed by atoms with van der Waals surface area (Å²) in [7, 11) is 0. The number of furan rings is 1. The molecule has 1 heterocycles. The van der Waals surface area contributed by atoms with Gasteiger partial charge in [0.05, 0.1) is 11.6 Å². The molecule has 0 aliphatic heterocycles. The van der Waals surface area contributed by atoms with Gasteiger partial charge < -0.3 is 14.5 Å². The first-order chi connectivity index (χ1) is 13.7. The molecule has 5 heteroatoms. The summed E-state index contributed by atoms with van der Waals surface area (Å²) in [6, 6.07) is 20.7. The van der Waals surface area contributed by atoms with E-state index in [1.165, 1.54) is 11.1 Å². The number of carbonyl (C=O) groups excluding carboxylic acids is 1. The first-order valence-electron chi connectivity index (χ1n) is 9.34. The van der Waals surface area contributed by atoms with Gasteiger partial charge in [-0.15, -0.1) is 0 Å². The Kier molecular flexibility index (Phi) is 5.11. The van der Waals surface area contributed by atoms with Crippen molar-refractivity contribution in [1.82, 2.24) is 5.32 Å². The number of nitrogens with zero attached hydrogens (tertiary/aromatic N) is 1. The van der Waals surface area contributed by atoms with Gasteiger partial charge in [-0.05, 0) is 54.7 Å². The van der Waals surface area contributed by atoms with Crippen LogP contribution in [0.1, 0.15) is 51.9 Å². The summed E-state index contributed by atoms with van der Waals surface area (Å²) >= 11 is 0. The number of benzene rings is 2. The molecule has 2 aromatic carbocycles. The van der Waals surface area contributed by atoms with E-state index in [-0.39, 0.29) is 24.3 Å². The normalized spacial score (nSPS) is 15.3. The van der Waals surface area contributed by atoms with Crippen molar-refractivity contribution in [2.24, 2.45) is 0 Å². The quantitative estimate of drug-likeness (QED) is 0.713. The first kappa shape index (κ1) is 17.9. The number of amides is 1. The van der Waals surface area contributed by atoms with Gasteiger partial charge in [-0.3, -0.25) is 4.79 Å². The van der Waals surface area contributed by atoms with Crippen molar-refractivity contribution in [2.45, 2.75) is 31.9 Å². The number of hydrogen-bond acceptors (Lipinski definition) is 4. The first-order valence-corrected chi connectivity index (χ1v) is 9.34. The monoisotopic (exact) mass is 372 g/mol. The van der Waals surface area contributed by atoms with Gasteiger partial charge in [0.1, 0.15) is 24.2 Å². The number of fused-ring (bicyclic) bond motifs is 1. The molecule has 1 N–H and O–H groups in total. The summed E-state index contributed by atoms with van der Waals surface area (Å²) in [5.74, 6) is 1.05. The molecule has 1 aromatic heterocycles. The zero-order valence-electron chi connectivity index (χ0n) is 15.4. The highest BCUT2D eigenvalue weighted by atomic mass is 16.5. The van der Waals surface area contributed by atoms with Crippen LogP contribution in [0, 0.1) is 11.3 Å². The molecule has 1 amide bonds. The molecular weight excluding hydrogens is 352 g/mol. The number of nitrogens with one attached hydrogen (secondary N) is 1. The highest BCUT2D eigenvalue weighted by molar-refractivity contribution is 5.91. The Balaban J connectivity index is 1.41. The highest BCUT2D eigenvalue weighted by Crippen LogP contribution is 2.29. The second kappa shape index (κ2) is 8.01. The number of ether oxygens (including phenoxy) is 1. The van der Waals surface area contributed by atoms with Crippen molar-refractivity contribution in [3.8, 4) is 11.8 Å². The van der Waals surface area contributed by atoms with Gasteiger partial charge in [0.15, 0.2) is 5.76 Å². The molecular formula is C23H20N2O3. The Morgan fingerprint density at radius 2 is 1.96 bits per heavy atom. The fourth-order valence-electron chi connectivity index (χ4n) is 3.54. The van der Waals surface area contributed by atoms with Gasteiger partial charge in [-0.25, -0.2) is 0 Å². The van der Waals surface area contributed by atoms with E-state index in [1.54, 1.807) is 36.4 Å². The standard InChI is InChI=1S/C23H20N2O3/c24-14-17-7-2-4-11-21(17)27-15-18-12-13-22(28-18)23(26)25-20-10-5-8-16-6-1-3-9-19(16)20/h1-4,6-7,9,11-13,20H,5,8,10,15H2,(H,25,26). The van der Waals surface area contributed by atoms with Crippen molar-refractivity contribution < 1.29 is 13.9 Å². The molecule has 3 aromatic rings. The fourth-order valence-corrected chi connectivity index (χ4v) is 3.54. The maximum Gasteiger partial charge on any atom is 0.287 e. The molecule has 0 bridgehead atoms. The lowest BCUT2D eigenvalue weighted by Crippen LogP contribution is -2.30. The molecule has 1 aliphatic rings. The topological polar surface area (TPSA) is 75.3 Å². The van der Waals surface area contributed by atoms with E-state index in [9.17, 15) is 4.79 Å². The van der Waals surface area contributed by atoms with Gasteiger partial charge in [0.25, 0.3) is 5.91 Å². The molecule has 1 unspecified atom stereocenters. The predicted molar refractivity (Wildman–Crippen MR) is 104 cm³/mol. The highest BCUT2D eigenvalue weighted by Gasteiger charge is 2.23. The van der Waals surface area contributed by atoms with Crippen LogP contribution in [0.2, 0.25) is 0 Å². The molecule has 0 fully saturated rings. The SMILES string of the molecule is N#Cc1ccccc1OCc1ccc(C(=O)NC2CCCc3ccccc32)o1. The van der Waals surface area contributed by atoms with Crippen molar-refractivity contribution in [1.29, 1.82) is 5.26 Å². The van der Waals surface area contributed by atoms with Gasteiger partial charge in [-0.2, -0.15) is 5.26 Å². The number of hydrogen-bond donors (Lipinski definition) is 1. The maximum absolute atomic E-state index is 12.6. The molecule has 0 radical (unpaired) electrons. The van der Waals surface area contributed by atoms with E-state index in [1.807, 2.05) is 12.1 Å². The van der Waals surface area contributed by atoms with Gasteiger partial charge in [0, 0.05) is 0 Å². The Hall–Kier alpha value is -3.52. The minimum absolute atomic E-state index is 0.00440. The van der Waals surface area contributed by atoms with E-state index in [2.05, 4.69) is 23.5 Å². The summed E-state index contributed by atoms with van der Waals surface area (Å²) in [6.07, 6.45) is 3.02. The lowest BCUT2D eigenvalue weighted by molar-refractivity contribution is 0.0900. The number of carbonyl (C=O) groups is 1. The van der Waals surface area contributed by atoms with Crippen molar-refractivity contribution in [3.05, 3.63) is 88.9 Å². The molecule has 0 saturated heterocycles. The minimum Gasteiger partial charge on any atom is -0.484 e. The Bertz CT molecular complexity index is 1030. The molecule has 5 nitrogen and oxygen atoms in total. The van der Waals surface area contributed by atoms with Gasteiger partial charge in [-0.1, -0.05) is 36.4 Å². The summed E-state index contributed by atoms with van der Waals surface area (Å²) in [4.78, 5) is 12.6. The Labute approximate surface area is 163 Å². The minimum atomic E-state index is -0.231. The number of aryl methyl sites for hydroxylation is 1. The van der Waals surface area contributed by atoms with E-state index in [0.717, 1.165) is 19.3 Å². The molecule has 28 heavy (non-hydrogen) atoms. The lowest BCUT2D eigenvalue weighted by atomic mass is 9.88. The van der Waals surface area contributed by atoms with Gasteiger partial charge >= 0.3 is 0 Å². The molecule has 0 saturated carbocycles. The predicted octanol–water partition coefficient (Wildman–Crippen LogP) is 4.54. The van der Waals surface area contributed by atoms with Crippen LogP contribution in [0.4, 0.5) is 0 Å². The van der Waals surface area contributed by atoms with E-state index < -0.39 is 0 Å². The van der Waals surface area contributed by atoms with Gasteiger partial charge in [0.2, 0.25) is 0 Å². The third-order valence-electron chi connectivity index (χ3n) is 4.94. The van der Waals surface area contributed by atoms with Crippen molar-refractivity contribution in [3.63, 3.8) is 0 Å². The molecule has 1 atom stereocenters. The zero-order valence-corrected chi connectivity index (χ0v) is 15.4. The average molecular weight is 372 g/mol. The summed E-state index contributed by atoms with van der Waals surface area (Å²) < 4.78 is 11.3. The molecule has 1 aliphatic carbocycles. The van der Waals surface area contributed by atoms with Crippen LogP contribution >= 0.6 is 0 Å². The van der Waals surface area contributed by atoms with Crippen LogP contribution in [0.25, 0.3) is 0 Å². The van der Waals surface area contributed by atoms with Crippen LogP contribution in [-0.2, 0) is 13.0 Å². The molecule has 140 valence electrons. The Morgan fingerprint density at radius 3 is 2.86 bits per heavy atom. The van der Waals surface area contributed by atoms with Crippen LogP contribution < -0.4 is 10.1 Å². The second-order valence-corrected chi connectivity index (χ2v) is 6.78. The van der Waals surface area contributed by atoms with E-state index in [4.69, 9.17) is 14.4 Å². The zero-order chi connectivity index (χ0) is 19.3. The van der Waals surface area contributed by atoms with Crippen LogP contribution in [-0.4, -0.2) is 5.91 Å². The van der Waals surface area contributed by atoms with Crippen LogP contribution in [0.5, 0.6) is 5.75 Å². The molecule has 4 rings (SSSR count). The maximum atomic E-state index is 12.6. The average Bonchev–Trinajstić information content (AvgIpc) is 3.22. The van der Waals surface area contributed by atoms with E-state index >= 15 is 0 Å². The fraction of sp³-hybridized carbons (Fsp3) is 0.217. The Morgan fingerprint density at radius 1 is 1.14 bits per heavy atom. The van der Waals surface area contributed by atoms with Crippen molar-refractivity contribution >= 4 is 5.91 Å². The number of nitriles is 1. The second-order valence-electron chi connectivity index (χ2n) is 6.78. The molecule has 0 spiro atoms. The lowest BCUT2D eigenvalue weighted by Gasteiger charge is -2.25. The smallest absolute Gasteiger partial charge is 0.287 e. The largest absolute Gasteiger partial charge is 0.484 e. The number of para-hydroxylation sites is 1.